The van der Waals surface area contributed by atoms with Gasteiger partial charge in [-0.05, 0) is 11.4 Å². The van der Waals surface area contributed by atoms with E-state index in [4.69, 9.17) is 9.47 Å². The molecule has 2 nitrogen and oxygen atoms in total. The van der Waals surface area contributed by atoms with Crippen molar-refractivity contribution in [3.63, 3.8) is 0 Å². The summed E-state index contributed by atoms with van der Waals surface area (Å²) in [5.41, 5.74) is 0. The summed E-state index contributed by atoms with van der Waals surface area (Å²) in [6.07, 6.45) is 0. The molecule has 0 atom stereocenters. The van der Waals surface area contributed by atoms with Crippen LogP contribution in [0.1, 0.15) is 0 Å². The van der Waals surface area contributed by atoms with E-state index in [0.29, 0.717) is 13.2 Å². The van der Waals surface area contributed by atoms with Crippen molar-refractivity contribution in [1.82, 2.24) is 0 Å². The lowest BCUT2D eigenvalue weighted by molar-refractivity contribution is 0.178. The van der Waals surface area contributed by atoms with Crippen molar-refractivity contribution in [3.8, 4) is 10.8 Å². The van der Waals surface area contributed by atoms with Gasteiger partial charge in [0.25, 0.3) is 0 Å². The number of rotatable bonds is 0. The first-order valence-corrected chi connectivity index (χ1v) is 3.68. The second-order valence-corrected chi connectivity index (χ2v) is 2.65. The molecule has 2 rings (SSSR count). The van der Waals surface area contributed by atoms with Crippen LogP contribution in [0.3, 0.4) is 0 Å². The van der Waals surface area contributed by atoms with Crippen molar-refractivity contribution in [2.45, 2.75) is 0 Å². The zero-order valence-corrected chi connectivity index (χ0v) is 5.61. The Labute approximate surface area is 57.0 Å². The van der Waals surface area contributed by atoms with Crippen molar-refractivity contribution < 1.29 is 9.47 Å². The van der Waals surface area contributed by atoms with Gasteiger partial charge in [-0.2, -0.15) is 0 Å². The van der Waals surface area contributed by atoms with Crippen LogP contribution in [0, 0.1) is 0 Å². The summed E-state index contributed by atoms with van der Waals surface area (Å²) in [6, 6.07) is 1.93. The van der Waals surface area contributed by atoms with Gasteiger partial charge in [0, 0.05) is 0 Å². The minimum atomic E-state index is 0.684. The lowest BCUT2D eigenvalue weighted by Crippen LogP contribution is -2.13. The molecule has 48 valence electrons. The topological polar surface area (TPSA) is 18.5 Å². The summed E-state index contributed by atoms with van der Waals surface area (Å²) in [5.74, 6) is 0.895. The maximum absolute atomic E-state index is 5.26. The standard InChI is InChI=1S/C6H6O2S/c1-4-9-6-5(1)7-2-3-8-6/h1,4H,2-3H2. The average Bonchev–Trinajstić information content (AvgIpc) is 2.33. The molecule has 0 aliphatic carbocycles. The van der Waals surface area contributed by atoms with Crippen molar-refractivity contribution in [2.24, 2.45) is 0 Å². The number of thiophene rings is 1. The summed E-state index contributed by atoms with van der Waals surface area (Å²) in [6.45, 7) is 1.37. The van der Waals surface area contributed by atoms with E-state index in [0.717, 1.165) is 10.8 Å². The normalized spacial score (nSPS) is 15.6. The average molecular weight is 142 g/mol. The smallest absolute Gasteiger partial charge is 0.217 e. The first kappa shape index (κ1) is 5.11. The van der Waals surface area contributed by atoms with Crippen LogP contribution in [-0.2, 0) is 0 Å². The molecule has 0 aromatic carbocycles. The van der Waals surface area contributed by atoms with Gasteiger partial charge in [0.1, 0.15) is 13.2 Å². The third-order valence-corrected chi connectivity index (χ3v) is 1.98. The van der Waals surface area contributed by atoms with E-state index in [-0.39, 0.29) is 0 Å². The van der Waals surface area contributed by atoms with Gasteiger partial charge in [-0.15, -0.1) is 11.3 Å². The molecular weight excluding hydrogens is 136 g/mol. The van der Waals surface area contributed by atoms with Crippen molar-refractivity contribution in [1.29, 1.82) is 0 Å². The van der Waals surface area contributed by atoms with Gasteiger partial charge in [-0.1, -0.05) is 0 Å². The van der Waals surface area contributed by atoms with Crippen molar-refractivity contribution >= 4 is 11.3 Å². The Morgan fingerprint density at radius 3 is 3.11 bits per heavy atom. The van der Waals surface area contributed by atoms with Gasteiger partial charge in [0.15, 0.2) is 5.75 Å². The molecule has 0 bridgehead atoms. The summed E-state index contributed by atoms with van der Waals surface area (Å²) in [5, 5.41) is 2.89. The Balaban J connectivity index is 2.39. The molecule has 0 radical (unpaired) electrons. The minimum absolute atomic E-state index is 0.684. The molecule has 0 unspecified atom stereocenters. The van der Waals surface area contributed by atoms with Crippen LogP contribution in [-0.4, -0.2) is 13.2 Å². The maximum atomic E-state index is 5.26. The highest BCUT2D eigenvalue weighted by molar-refractivity contribution is 7.12. The van der Waals surface area contributed by atoms with E-state index in [9.17, 15) is 0 Å². The summed E-state index contributed by atoms with van der Waals surface area (Å²) < 4.78 is 10.5. The predicted octanol–water partition coefficient (Wildman–Crippen LogP) is 1.52. The van der Waals surface area contributed by atoms with E-state index in [1.807, 2.05) is 11.4 Å². The van der Waals surface area contributed by atoms with Crippen LogP contribution in [0.15, 0.2) is 11.4 Å². The summed E-state index contributed by atoms with van der Waals surface area (Å²) in [7, 11) is 0. The molecule has 1 aromatic rings. The molecule has 2 heterocycles. The molecule has 1 aromatic heterocycles. The number of hydrogen-bond acceptors (Lipinski definition) is 3. The fourth-order valence-corrected chi connectivity index (χ4v) is 1.49. The summed E-state index contributed by atoms with van der Waals surface area (Å²) >= 11 is 1.58. The fourth-order valence-electron chi connectivity index (χ4n) is 0.782. The van der Waals surface area contributed by atoms with E-state index in [2.05, 4.69) is 0 Å². The molecule has 9 heavy (non-hydrogen) atoms. The van der Waals surface area contributed by atoms with E-state index in [1.165, 1.54) is 0 Å². The van der Waals surface area contributed by atoms with E-state index in [1.54, 1.807) is 11.3 Å². The largest absolute Gasteiger partial charge is 0.485 e. The van der Waals surface area contributed by atoms with E-state index < -0.39 is 0 Å². The van der Waals surface area contributed by atoms with Crippen LogP contribution in [0.4, 0.5) is 0 Å². The van der Waals surface area contributed by atoms with Gasteiger partial charge in [0.2, 0.25) is 5.06 Å². The highest BCUT2D eigenvalue weighted by Crippen LogP contribution is 2.35. The Kier molecular flexibility index (Phi) is 1.09. The molecule has 0 saturated carbocycles. The van der Waals surface area contributed by atoms with Crippen LogP contribution in [0.2, 0.25) is 0 Å². The zero-order chi connectivity index (χ0) is 6.10. The van der Waals surface area contributed by atoms with Crippen LogP contribution < -0.4 is 9.47 Å². The third kappa shape index (κ3) is 0.772. The lowest BCUT2D eigenvalue weighted by Gasteiger charge is -2.13. The predicted molar refractivity (Wildman–Crippen MR) is 35.3 cm³/mol. The molecule has 0 amide bonds. The molecule has 3 heteroatoms. The molecule has 0 spiro atoms. The molecule has 1 aliphatic rings. The Morgan fingerprint density at radius 1 is 1.33 bits per heavy atom. The van der Waals surface area contributed by atoms with Crippen molar-refractivity contribution in [2.75, 3.05) is 13.2 Å². The molecule has 0 N–H and O–H groups in total. The lowest BCUT2D eigenvalue weighted by atomic mass is 10.5. The van der Waals surface area contributed by atoms with Crippen LogP contribution in [0.5, 0.6) is 10.8 Å². The van der Waals surface area contributed by atoms with Gasteiger partial charge >= 0.3 is 0 Å². The van der Waals surface area contributed by atoms with Crippen LogP contribution >= 0.6 is 11.3 Å². The molecule has 1 aliphatic heterocycles. The Hall–Kier alpha value is -0.700. The first-order valence-electron chi connectivity index (χ1n) is 2.80. The van der Waals surface area contributed by atoms with Crippen molar-refractivity contribution in [3.05, 3.63) is 11.4 Å². The molecule has 0 fully saturated rings. The van der Waals surface area contributed by atoms with Crippen LogP contribution in [0.25, 0.3) is 0 Å². The van der Waals surface area contributed by atoms with E-state index >= 15 is 0 Å². The van der Waals surface area contributed by atoms with Gasteiger partial charge < -0.3 is 9.47 Å². The van der Waals surface area contributed by atoms with Gasteiger partial charge in [0.05, 0.1) is 0 Å². The number of ether oxygens (including phenoxy) is 2. The first-order chi connectivity index (χ1) is 4.47. The highest BCUT2D eigenvalue weighted by Gasteiger charge is 2.10. The second kappa shape index (κ2) is 1.92. The maximum Gasteiger partial charge on any atom is 0.217 e. The van der Waals surface area contributed by atoms with Gasteiger partial charge in [-0.3, -0.25) is 0 Å². The van der Waals surface area contributed by atoms with Gasteiger partial charge in [-0.25, -0.2) is 0 Å². The highest BCUT2D eigenvalue weighted by atomic mass is 32.1. The molecule has 0 saturated heterocycles. The monoisotopic (exact) mass is 142 g/mol. The zero-order valence-electron chi connectivity index (χ0n) is 4.79. The number of fused-ring (bicyclic) bond motifs is 1. The minimum Gasteiger partial charge on any atom is -0.485 e. The number of hydrogen-bond donors (Lipinski definition) is 0. The second-order valence-electron chi connectivity index (χ2n) is 1.77. The Bertz CT molecular complexity index is 186. The third-order valence-electron chi connectivity index (χ3n) is 1.17. The summed E-state index contributed by atoms with van der Waals surface area (Å²) in [4.78, 5) is 0. The SMILES string of the molecule is c1cc2c(s1)OCCO2. The molecular formula is C6H6O2S. The fraction of sp³-hybridized carbons (Fsp3) is 0.333. The quantitative estimate of drug-likeness (QED) is 0.546. The Morgan fingerprint density at radius 2 is 2.22 bits per heavy atom.